The van der Waals surface area contributed by atoms with E-state index in [0.29, 0.717) is 13.0 Å². The number of benzene rings is 1. The molecule has 26 heavy (non-hydrogen) atoms. The van der Waals surface area contributed by atoms with Gasteiger partial charge in [0.25, 0.3) is 0 Å². The van der Waals surface area contributed by atoms with Crippen molar-refractivity contribution >= 4 is 6.09 Å². The van der Waals surface area contributed by atoms with Crippen LogP contribution in [0.2, 0.25) is 0 Å². The Hall–Kier alpha value is -1.99. The van der Waals surface area contributed by atoms with Crippen molar-refractivity contribution in [2.75, 3.05) is 6.54 Å². The Labute approximate surface area is 157 Å². The van der Waals surface area contributed by atoms with Crippen LogP contribution in [0.4, 0.5) is 4.79 Å². The first kappa shape index (κ1) is 20.3. The molecule has 1 aliphatic heterocycles. The smallest absolute Gasteiger partial charge is 0.410 e. The van der Waals surface area contributed by atoms with E-state index in [9.17, 15) is 4.79 Å². The third-order valence-corrected chi connectivity index (χ3v) is 4.17. The van der Waals surface area contributed by atoms with Gasteiger partial charge in [-0.05, 0) is 53.0 Å². The van der Waals surface area contributed by atoms with Crippen molar-refractivity contribution in [2.45, 2.75) is 77.7 Å². The van der Waals surface area contributed by atoms with Crippen LogP contribution >= 0.6 is 0 Å². The van der Waals surface area contributed by atoms with Gasteiger partial charge in [0.05, 0.1) is 6.61 Å². The van der Waals surface area contributed by atoms with E-state index in [1.807, 2.05) is 69.9 Å². The molecule has 2 rings (SSSR count). The van der Waals surface area contributed by atoms with Crippen molar-refractivity contribution < 1.29 is 14.3 Å². The summed E-state index contributed by atoms with van der Waals surface area (Å²) in [6.07, 6.45) is 2.39. The summed E-state index contributed by atoms with van der Waals surface area (Å²) in [7, 11) is 0. The zero-order valence-corrected chi connectivity index (χ0v) is 16.7. The van der Waals surface area contributed by atoms with Gasteiger partial charge < -0.3 is 14.4 Å². The number of carbonyl (C=O) groups excluding carboxylic acids is 1. The average molecular weight is 357 g/mol. The standard InChI is InChI=1S/C22H31NO3/c1-21(2,3)26-20(24)23-16-10-14-19(23)13-9-15-22(4,5)25-17-18-11-7-6-8-12-18/h6-8,11-12,19H,10,13-14,16-17H2,1-5H3. The molecule has 1 heterocycles. The highest BCUT2D eigenvalue weighted by Gasteiger charge is 2.31. The average Bonchev–Trinajstić information content (AvgIpc) is 3.01. The lowest BCUT2D eigenvalue weighted by Crippen LogP contribution is -2.39. The molecular formula is C22H31NO3. The van der Waals surface area contributed by atoms with Gasteiger partial charge >= 0.3 is 6.09 Å². The van der Waals surface area contributed by atoms with Crippen molar-refractivity contribution in [1.82, 2.24) is 4.90 Å². The van der Waals surface area contributed by atoms with Crippen LogP contribution < -0.4 is 0 Å². The molecular weight excluding hydrogens is 326 g/mol. The second-order valence-electron chi connectivity index (χ2n) is 8.26. The van der Waals surface area contributed by atoms with Crippen LogP contribution in [0.15, 0.2) is 30.3 Å². The van der Waals surface area contributed by atoms with Crippen molar-refractivity contribution in [3.63, 3.8) is 0 Å². The topological polar surface area (TPSA) is 38.8 Å². The van der Waals surface area contributed by atoms with Crippen LogP contribution in [0.25, 0.3) is 0 Å². The van der Waals surface area contributed by atoms with Gasteiger partial charge in [-0.25, -0.2) is 4.79 Å². The highest BCUT2D eigenvalue weighted by Crippen LogP contribution is 2.23. The summed E-state index contributed by atoms with van der Waals surface area (Å²) >= 11 is 0. The third kappa shape index (κ3) is 6.72. The fourth-order valence-corrected chi connectivity index (χ4v) is 2.86. The van der Waals surface area contributed by atoms with Crippen LogP contribution in [0, 0.1) is 11.8 Å². The van der Waals surface area contributed by atoms with Gasteiger partial charge in [-0.15, -0.1) is 0 Å². The van der Waals surface area contributed by atoms with Crippen LogP contribution in [0.5, 0.6) is 0 Å². The summed E-state index contributed by atoms with van der Waals surface area (Å²) in [6.45, 7) is 10.9. The Morgan fingerprint density at radius 3 is 2.54 bits per heavy atom. The summed E-state index contributed by atoms with van der Waals surface area (Å²) in [4.78, 5) is 14.1. The van der Waals surface area contributed by atoms with Crippen molar-refractivity contribution in [3.8, 4) is 11.8 Å². The molecule has 0 saturated carbocycles. The molecule has 0 spiro atoms. The molecule has 0 aromatic heterocycles. The molecule has 1 aliphatic rings. The Bertz CT molecular complexity index is 649. The maximum atomic E-state index is 12.3. The molecule has 4 nitrogen and oxygen atoms in total. The summed E-state index contributed by atoms with van der Waals surface area (Å²) in [5.74, 6) is 6.44. The lowest BCUT2D eigenvalue weighted by Gasteiger charge is -2.28. The zero-order chi connectivity index (χ0) is 19.2. The molecule has 0 bridgehead atoms. The molecule has 1 aromatic carbocycles. The van der Waals surface area contributed by atoms with E-state index in [1.165, 1.54) is 0 Å². The van der Waals surface area contributed by atoms with Gasteiger partial charge in [0.1, 0.15) is 11.2 Å². The number of amides is 1. The monoisotopic (exact) mass is 357 g/mol. The molecule has 4 heteroatoms. The summed E-state index contributed by atoms with van der Waals surface area (Å²) in [5, 5.41) is 0. The Morgan fingerprint density at radius 2 is 1.88 bits per heavy atom. The molecule has 1 amide bonds. The molecule has 1 aromatic rings. The SMILES string of the molecule is CC(C)(C)OC(=O)N1CCCC1CC#CC(C)(C)OCc1ccccc1. The van der Waals surface area contributed by atoms with Crippen molar-refractivity contribution in [3.05, 3.63) is 35.9 Å². The van der Waals surface area contributed by atoms with Gasteiger partial charge in [-0.2, -0.15) is 0 Å². The summed E-state index contributed by atoms with van der Waals surface area (Å²) < 4.78 is 11.4. The molecule has 1 saturated heterocycles. The molecule has 0 radical (unpaired) electrons. The quantitative estimate of drug-likeness (QED) is 0.728. The predicted molar refractivity (Wildman–Crippen MR) is 104 cm³/mol. The highest BCUT2D eigenvalue weighted by atomic mass is 16.6. The van der Waals surface area contributed by atoms with Crippen molar-refractivity contribution in [1.29, 1.82) is 0 Å². The number of hydrogen-bond acceptors (Lipinski definition) is 3. The number of likely N-dealkylation sites (tertiary alicyclic amines) is 1. The van der Waals surface area contributed by atoms with Crippen LogP contribution in [0.1, 0.15) is 59.4 Å². The second kappa shape index (κ2) is 8.60. The maximum absolute atomic E-state index is 12.3. The Balaban J connectivity index is 1.87. The van der Waals surface area contributed by atoms with Crippen LogP contribution in [0.3, 0.4) is 0 Å². The Morgan fingerprint density at radius 1 is 1.19 bits per heavy atom. The first-order valence-electron chi connectivity index (χ1n) is 9.34. The molecule has 1 atom stereocenters. The second-order valence-corrected chi connectivity index (χ2v) is 8.26. The number of carbonyl (C=O) groups is 1. The van der Waals surface area contributed by atoms with Crippen molar-refractivity contribution in [2.24, 2.45) is 0 Å². The number of nitrogens with zero attached hydrogens (tertiary/aromatic N) is 1. The lowest BCUT2D eigenvalue weighted by molar-refractivity contribution is 0.0143. The van der Waals surface area contributed by atoms with E-state index in [1.54, 1.807) is 0 Å². The fourth-order valence-electron chi connectivity index (χ4n) is 2.86. The third-order valence-electron chi connectivity index (χ3n) is 4.17. The number of ether oxygens (including phenoxy) is 2. The van der Waals surface area contributed by atoms with Gasteiger partial charge in [0, 0.05) is 19.0 Å². The summed E-state index contributed by atoms with van der Waals surface area (Å²) in [6, 6.07) is 10.2. The maximum Gasteiger partial charge on any atom is 0.410 e. The fraction of sp³-hybridized carbons (Fsp3) is 0.591. The highest BCUT2D eigenvalue weighted by molar-refractivity contribution is 5.69. The molecule has 1 fully saturated rings. The van der Waals surface area contributed by atoms with Gasteiger partial charge in [0.2, 0.25) is 0 Å². The minimum Gasteiger partial charge on any atom is -0.444 e. The predicted octanol–water partition coefficient (Wildman–Crippen LogP) is 4.77. The molecule has 1 unspecified atom stereocenters. The van der Waals surface area contributed by atoms with E-state index in [4.69, 9.17) is 9.47 Å². The summed E-state index contributed by atoms with van der Waals surface area (Å²) in [5.41, 5.74) is 0.142. The first-order chi connectivity index (χ1) is 12.2. The number of hydrogen-bond donors (Lipinski definition) is 0. The number of rotatable bonds is 4. The first-order valence-corrected chi connectivity index (χ1v) is 9.34. The molecule has 0 aliphatic carbocycles. The largest absolute Gasteiger partial charge is 0.444 e. The normalized spacial score (nSPS) is 17.6. The molecule has 142 valence electrons. The minimum absolute atomic E-state index is 0.127. The van der Waals surface area contributed by atoms with Gasteiger partial charge in [-0.3, -0.25) is 0 Å². The van der Waals surface area contributed by atoms with Crippen LogP contribution in [-0.4, -0.2) is 34.8 Å². The van der Waals surface area contributed by atoms with Crippen LogP contribution in [-0.2, 0) is 16.1 Å². The van der Waals surface area contributed by atoms with E-state index >= 15 is 0 Å². The van der Waals surface area contributed by atoms with Gasteiger partial charge in [0.15, 0.2) is 0 Å². The van der Waals surface area contributed by atoms with E-state index < -0.39 is 11.2 Å². The zero-order valence-electron chi connectivity index (χ0n) is 16.7. The van der Waals surface area contributed by atoms with E-state index in [-0.39, 0.29) is 12.1 Å². The van der Waals surface area contributed by atoms with Gasteiger partial charge in [-0.1, -0.05) is 42.2 Å². The Kier molecular flexibility index (Phi) is 6.72. The minimum atomic E-state index is -0.523. The van der Waals surface area contributed by atoms with E-state index in [0.717, 1.165) is 24.9 Å². The van der Waals surface area contributed by atoms with E-state index in [2.05, 4.69) is 11.8 Å². The lowest BCUT2D eigenvalue weighted by atomic mass is 10.1. The molecule has 0 N–H and O–H groups in total.